The minimum absolute atomic E-state index is 0.269. The molecule has 1 saturated heterocycles. The maximum atomic E-state index is 12.4. The molecule has 1 aliphatic heterocycles. The molecule has 0 aliphatic carbocycles. The van der Waals surface area contributed by atoms with Crippen molar-refractivity contribution >= 4 is 29.7 Å². The van der Waals surface area contributed by atoms with Crippen LogP contribution in [0.3, 0.4) is 0 Å². The number of aliphatic carboxylic acids is 2. The Morgan fingerprint density at radius 1 is 1.21 bits per heavy atom. The second-order valence-corrected chi connectivity index (χ2v) is 6.88. The monoisotopic (exact) mass is 400 g/mol. The zero-order valence-electron chi connectivity index (χ0n) is 16.0. The van der Waals surface area contributed by atoms with Crippen LogP contribution in [-0.2, 0) is 24.0 Å². The predicted octanol–water partition coefficient (Wildman–Crippen LogP) is -1.49. The van der Waals surface area contributed by atoms with Crippen LogP contribution in [0.4, 0.5) is 0 Å². The molecule has 11 heteroatoms. The van der Waals surface area contributed by atoms with Gasteiger partial charge in [-0.3, -0.25) is 19.2 Å². The molecule has 28 heavy (non-hydrogen) atoms. The fourth-order valence-electron chi connectivity index (χ4n) is 2.98. The molecule has 0 spiro atoms. The number of nitrogens with two attached hydrogens (primary N) is 1. The van der Waals surface area contributed by atoms with Crippen LogP contribution >= 0.6 is 0 Å². The van der Waals surface area contributed by atoms with Gasteiger partial charge in [0, 0.05) is 6.54 Å². The molecular formula is C17H28N4O7. The number of nitrogens with one attached hydrogen (secondary N) is 2. The highest BCUT2D eigenvalue weighted by Crippen LogP contribution is 2.18. The minimum atomic E-state index is -1.25. The summed E-state index contributed by atoms with van der Waals surface area (Å²) in [5.74, 6) is -4.51. The summed E-state index contributed by atoms with van der Waals surface area (Å²) in [6, 6.07) is -3.15. The minimum Gasteiger partial charge on any atom is -0.481 e. The topological polar surface area (TPSA) is 179 Å². The summed E-state index contributed by atoms with van der Waals surface area (Å²) in [6.45, 7) is 3.33. The molecular weight excluding hydrogens is 372 g/mol. The van der Waals surface area contributed by atoms with E-state index in [0.717, 1.165) is 0 Å². The van der Waals surface area contributed by atoms with Crippen LogP contribution in [0.25, 0.3) is 0 Å². The number of rotatable bonds is 10. The fraction of sp³-hybridized carbons (Fsp3) is 0.706. The standard InChI is InChI=1S/C17H28N4O7/c1-3-9(2)14(17(27)28)20-12(22)8-19-15(25)11-5-4-6-21(11)16(26)10(18)7-13(23)24/h9-11,14H,3-8,18H2,1-2H3,(H,19,25)(H,20,22)(H,23,24)(H,27,28). The molecule has 1 aliphatic rings. The molecule has 0 aromatic carbocycles. The summed E-state index contributed by atoms with van der Waals surface area (Å²) in [5.41, 5.74) is 5.58. The van der Waals surface area contributed by atoms with Crippen LogP contribution in [0.1, 0.15) is 39.5 Å². The average molecular weight is 400 g/mol. The third-order valence-corrected chi connectivity index (χ3v) is 4.77. The maximum absolute atomic E-state index is 12.4. The number of carboxylic acid groups (broad SMARTS) is 2. The van der Waals surface area contributed by atoms with Gasteiger partial charge in [-0.2, -0.15) is 0 Å². The van der Waals surface area contributed by atoms with Gasteiger partial charge in [-0.15, -0.1) is 0 Å². The Kier molecular flexibility index (Phi) is 8.83. The number of carbonyl (C=O) groups is 5. The first-order valence-electron chi connectivity index (χ1n) is 9.16. The second kappa shape index (κ2) is 10.6. The number of carbonyl (C=O) groups excluding carboxylic acids is 3. The normalized spacial score (nSPS) is 19.4. The third-order valence-electron chi connectivity index (χ3n) is 4.77. The lowest BCUT2D eigenvalue weighted by atomic mass is 9.99. The van der Waals surface area contributed by atoms with Gasteiger partial charge in [0.05, 0.1) is 19.0 Å². The van der Waals surface area contributed by atoms with Crippen LogP contribution in [0.5, 0.6) is 0 Å². The van der Waals surface area contributed by atoms with Gasteiger partial charge in [0.15, 0.2) is 0 Å². The van der Waals surface area contributed by atoms with Gasteiger partial charge in [-0.1, -0.05) is 20.3 Å². The van der Waals surface area contributed by atoms with E-state index in [0.29, 0.717) is 19.3 Å². The molecule has 4 unspecified atom stereocenters. The number of hydrogen-bond donors (Lipinski definition) is 5. The lowest BCUT2D eigenvalue weighted by molar-refractivity contribution is -0.144. The highest BCUT2D eigenvalue weighted by Gasteiger charge is 2.36. The maximum Gasteiger partial charge on any atom is 0.326 e. The van der Waals surface area contributed by atoms with Crippen LogP contribution in [0, 0.1) is 5.92 Å². The van der Waals surface area contributed by atoms with E-state index in [4.69, 9.17) is 10.8 Å². The Morgan fingerprint density at radius 3 is 2.39 bits per heavy atom. The lowest BCUT2D eigenvalue weighted by Crippen LogP contribution is -2.53. The Morgan fingerprint density at radius 2 is 1.86 bits per heavy atom. The zero-order chi connectivity index (χ0) is 21.4. The van der Waals surface area contributed by atoms with Crippen LogP contribution in [0.2, 0.25) is 0 Å². The molecule has 0 bridgehead atoms. The molecule has 4 atom stereocenters. The molecule has 1 rings (SSSR count). The van der Waals surface area contributed by atoms with Crippen molar-refractivity contribution in [2.24, 2.45) is 11.7 Å². The number of carboxylic acids is 2. The number of likely N-dealkylation sites (tertiary alicyclic amines) is 1. The van der Waals surface area contributed by atoms with Gasteiger partial charge in [0.25, 0.3) is 0 Å². The van der Waals surface area contributed by atoms with E-state index in [9.17, 15) is 29.1 Å². The van der Waals surface area contributed by atoms with E-state index >= 15 is 0 Å². The highest BCUT2D eigenvalue weighted by molar-refractivity contribution is 5.94. The van der Waals surface area contributed by atoms with Gasteiger partial charge in [-0.05, 0) is 18.8 Å². The molecule has 1 heterocycles. The van der Waals surface area contributed by atoms with Crippen molar-refractivity contribution in [3.63, 3.8) is 0 Å². The van der Waals surface area contributed by atoms with E-state index in [1.165, 1.54) is 4.90 Å². The van der Waals surface area contributed by atoms with Crippen molar-refractivity contribution in [2.75, 3.05) is 13.1 Å². The van der Waals surface area contributed by atoms with E-state index in [1.54, 1.807) is 13.8 Å². The summed E-state index contributed by atoms with van der Waals surface area (Å²) in [6.07, 6.45) is 0.923. The first-order valence-corrected chi connectivity index (χ1v) is 9.16. The first-order chi connectivity index (χ1) is 13.1. The number of hydrogen-bond acceptors (Lipinski definition) is 6. The average Bonchev–Trinajstić information content (AvgIpc) is 3.11. The SMILES string of the molecule is CCC(C)C(NC(=O)CNC(=O)C1CCCN1C(=O)C(N)CC(=O)O)C(=O)O. The predicted molar refractivity (Wildman–Crippen MR) is 97.0 cm³/mol. The van der Waals surface area contributed by atoms with E-state index < -0.39 is 60.8 Å². The quantitative estimate of drug-likeness (QED) is 0.294. The van der Waals surface area contributed by atoms with Gasteiger partial charge in [-0.25, -0.2) is 4.79 Å². The third kappa shape index (κ3) is 6.48. The summed E-state index contributed by atoms with van der Waals surface area (Å²) in [4.78, 5) is 59.8. The largest absolute Gasteiger partial charge is 0.481 e. The Bertz CT molecular complexity index is 625. The van der Waals surface area contributed by atoms with Crippen LogP contribution in [-0.4, -0.2) is 76.0 Å². The van der Waals surface area contributed by atoms with E-state index in [2.05, 4.69) is 10.6 Å². The van der Waals surface area contributed by atoms with Crippen molar-refractivity contribution in [3.8, 4) is 0 Å². The summed E-state index contributed by atoms with van der Waals surface area (Å²) >= 11 is 0. The van der Waals surface area contributed by atoms with Crippen LogP contribution < -0.4 is 16.4 Å². The molecule has 0 aromatic rings. The molecule has 1 fully saturated rings. The van der Waals surface area contributed by atoms with Gasteiger partial charge >= 0.3 is 11.9 Å². The van der Waals surface area contributed by atoms with E-state index in [1.807, 2.05) is 0 Å². The van der Waals surface area contributed by atoms with Crippen LogP contribution in [0.15, 0.2) is 0 Å². The molecule has 6 N–H and O–H groups in total. The molecule has 0 radical (unpaired) electrons. The highest BCUT2D eigenvalue weighted by atomic mass is 16.4. The van der Waals surface area contributed by atoms with Crippen molar-refractivity contribution in [1.82, 2.24) is 15.5 Å². The summed E-state index contributed by atoms with van der Waals surface area (Å²) in [7, 11) is 0. The van der Waals surface area contributed by atoms with Crippen molar-refractivity contribution in [3.05, 3.63) is 0 Å². The smallest absolute Gasteiger partial charge is 0.326 e. The summed E-state index contributed by atoms with van der Waals surface area (Å²) < 4.78 is 0. The van der Waals surface area contributed by atoms with Gasteiger partial charge < -0.3 is 31.5 Å². The van der Waals surface area contributed by atoms with E-state index in [-0.39, 0.29) is 12.5 Å². The molecule has 11 nitrogen and oxygen atoms in total. The summed E-state index contributed by atoms with van der Waals surface area (Å²) in [5, 5.41) is 22.7. The fourth-order valence-corrected chi connectivity index (χ4v) is 2.98. The Balaban J connectivity index is 2.61. The van der Waals surface area contributed by atoms with Crippen molar-refractivity contribution < 1.29 is 34.2 Å². The molecule has 158 valence electrons. The molecule has 0 aromatic heterocycles. The second-order valence-electron chi connectivity index (χ2n) is 6.88. The van der Waals surface area contributed by atoms with Crippen molar-refractivity contribution in [2.45, 2.75) is 57.7 Å². The van der Waals surface area contributed by atoms with Gasteiger partial charge in [0.2, 0.25) is 17.7 Å². The first kappa shape index (κ1) is 23.3. The lowest BCUT2D eigenvalue weighted by Gasteiger charge is -2.26. The Hall–Kier alpha value is -2.69. The Labute approximate surface area is 162 Å². The van der Waals surface area contributed by atoms with Crippen molar-refractivity contribution in [1.29, 1.82) is 0 Å². The molecule has 0 saturated carbocycles. The molecule has 3 amide bonds. The number of amides is 3. The number of nitrogens with zero attached hydrogens (tertiary/aromatic N) is 1. The van der Waals surface area contributed by atoms with Gasteiger partial charge in [0.1, 0.15) is 12.1 Å². The zero-order valence-corrected chi connectivity index (χ0v) is 16.0.